The van der Waals surface area contributed by atoms with Gasteiger partial charge in [-0.25, -0.2) is 9.50 Å². The Balaban J connectivity index is 1.78. The molecule has 0 amide bonds. The molecule has 0 fully saturated rings. The molecule has 0 atom stereocenters. The number of pyridine rings is 1. The highest BCUT2D eigenvalue weighted by Gasteiger charge is 2.22. The Kier molecular flexibility index (Phi) is 5.20. The van der Waals surface area contributed by atoms with E-state index < -0.39 is 0 Å². The molecule has 0 aliphatic heterocycles. The quantitative estimate of drug-likeness (QED) is 0.473. The molecule has 0 unspecified atom stereocenters. The van der Waals surface area contributed by atoms with E-state index in [1.54, 1.807) is 6.33 Å². The number of nitrogens with zero attached hydrogens (tertiary/aromatic N) is 4. The molecule has 6 nitrogen and oxygen atoms in total. The minimum absolute atomic E-state index is 0.0575. The molecular formula is C24H30N6. The van der Waals surface area contributed by atoms with Gasteiger partial charge in [0.2, 0.25) is 0 Å². The van der Waals surface area contributed by atoms with E-state index in [1.807, 2.05) is 10.7 Å². The third-order valence-electron chi connectivity index (χ3n) is 5.73. The van der Waals surface area contributed by atoms with Gasteiger partial charge in [-0.15, -0.1) is 0 Å². The van der Waals surface area contributed by atoms with Crippen LogP contribution in [0.3, 0.4) is 0 Å². The van der Waals surface area contributed by atoms with Crippen molar-refractivity contribution in [3.63, 3.8) is 0 Å². The minimum Gasteiger partial charge on any atom is -0.308 e. The van der Waals surface area contributed by atoms with Crippen LogP contribution in [0.25, 0.3) is 28.2 Å². The molecule has 4 rings (SSSR count). The summed E-state index contributed by atoms with van der Waals surface area (Å²) in [5, 5.41) is 15.9. The first-order valence-corrected chi connectivity index (χ1v) is 10.6. The van der Waals surface area contributed by atoms with E-state index >= 15 is 0 Å². The summed E-state index contributed by atoms with van der Waals surface area (Å²) >= 11 is 0. The summed E-state index contributed by atoms with van der Waals surface area (Å²) in [6.45, 7) is 14.0. The van der Waals surface area contributed by atoms with Crippen LogP contribution in [-0.4, -0.2) is 31.3 Å². The number of hydrogen-bond donors (Lipinski definition) is 2. The van der Waals surface area contributed by atoms with Crippen LogP contribution in [0.4, 0.5) is 0 Å². The molecule has 0 bridgehead atoms. The van der Waals surface area contributed by atoms with Crippen LogP contribution in [-0.2, 0) is 5.54 Å². The normalized spacial score (nSPS) is 12.2. The number of rotatable bonds is 6. The summed E-state index contributed by atoms with van der Waals surface area (Å²) in [5.41, 5.74) is 8.62. The predicted molar refractivity (Wildman–Crippen MR) is 122 cm³/mol. The van der Waals surface area contributed by atoms with E-state index in [0.717, 1.165) is 40.3 Å². The summed E-state index contributed by atoms with van der Waals surface area (Å²) in [6, 6.07) is 10.9. The molecule has 4 aromatic rings. The van der Waals surface area contributed by atoms with Gasteiger partial charge in [-0.1, -0.05) is 45.0 Å². The highest BCUT2D eigenvalue weighted by molar-refractivity contribution is 5.76. The summed E-state index contributed by atoms with van der Waals surface area (Å²) in [4.78, 5) is 4.32. The van der Waals surface area contributed by atoms with Crippen LogP contribution in [0.2, 0.25) is 0 Å². The first-order valence-electron chi connectivity index (χ1n) is 10.6. The van der Waals surface area contributed by atoms with Gasteiger partial charge in [-0.3, -0.25) is 5.10 Å². The molecule has 2 N–H and O–H groups in total. The molecule has 0 radical (unpaired) electrons. The maximum absolute atomic E-state index is 4.72. The van der Waals surface area contributed by atoms with Crippen molar-refractivity contribution in [2.75, 3.05) is 6.54 Å². The molecule has 0 spiro atoms. The van der Waals surface area contributed by atoms with E-state index in [4.69, 9.17) is 5.10 Å². The van der Waals surface area contributed by atoms with Crippen molar-refractivity contribution in [2.24, 2.45) is 0 Å². The first-order chi connectivity index (χ1) is 14.3. The monoisotopic (exact) mass is 402 g/mol. The number of aromatic nitrogens is 5. The third-order valence-corrected chi connectivity index (χ3v) is 5.73. The van der Waals surface area contributed by atoms with Crippen molar-refractivity contribution in [3.05, 3.63) is 59.5 Å². The van der Waals surface area contributed by atoms with Crippen molar-refractivity contribution < 1.29 is 0 Å². The Morgan fingerprint density at radius 1 is 1.13 bits per heavy atom. The number of aromatic amines is 1. The number of hydrogen-bond acceptors (Lipinski definition) is 4. The fraction of sp³-hybridized carbons (Fsp3) is 0.375. The zero-order valence-corrected chi connectivity index (χ0v) is 18.6. The third kappa shape index (κ3) is 3.52. The largest absolute Gasteiger partial charge is 0.308 e. The van der Waals surface area contributed by atoms with Crippen molar-refractivity contribution in [2.45, 2.75) is 53.0 Å². The molecule has 0 aliphatic rings. The predicted octanol–water partition coefficient (Wildman–Crippen LogP) is 5.06. The molecule has 156 valence electrons. The van der Waals surface area contributed by atoms with Gasteiger partial charge in [0.05, 0.1) is 11.4 Å². The summed E-state index contributed by atoms with van der Waals surface area (Å²) in [6.07, 6.45) is 3.59. The van der Waals surface area contributed by atoms with Crippen LogP contribution in [0.1, 0.15) is 57.2 Å². The second kappa shape index (κ2) is 7.69. The average Bonchev–Trinajstić information content (AvgIpc) is 3.35. The van der Waals surface area contributed by atoms with Gasteiger partial charge in [0.1, 0.15) is 6.33 Å². The van der Waals surface area contributed by atoms with E-state index in [2.05, 4.69) is 92.4 Å². The van der Waals surface area contributed by atoms with Crippen LogP contribution in [0, 0.1) is 6.92 Å². The lowest BCUT2D eigenvalue weighted by molar-refractivity contribution is 0.416. The number of aryl methyl sites for hydroxylation is 1. The maximum atomic E-state index is 4.72. The zero-order valence-electron chi connectivity index (χ0n) is 18.6. The van der Waals surface area contributed by atoms with Gasteiger partial charge in [0.25, 0.3) is 0 Å². The molecular weight excluding hydrogens is 372 g/mol. The van der Waals surface area contributed by atoms with Crippen molar-refractivity contribution in [3.8, 4) is 22.5 Å². The van der Waals surface area contributed by atoms with Crippen molar-refractivity contribution in [1.29, 1.82) is 0 Å². The Labute approximate surface area is 177 Å². The van der Waals surface area contributed by atoms with Gasteiger partial charge in [0, 0.05) is 22.9 Å². The molecule has 0 saturated heterocycles. The van der Waals surface area contributed by atoms with E-state index in [-0.39, 0.29) is 5.54 Å². The number of H-pyrrole nitrogens is 1. The first kappa shape index (κ1) is 20.3. The molecule has 3 heterocycles. The van der Waals surface area contributed by atoms with Crippen LogP contribution >= 0.6 is 0 Å². The highest BCUT2D eigenvalue weighted by Crippen LogP contribution is 2.36. The standard InChI is InChI=1S/C24H30N6/c1-7-26-24(5,6)19-10-8-17(9-11-19)21-20(15(2)3)22(29-28-21)18-12-16(4)23-25-14-27-30(23)13-18/h8-15,26H,7H2,1-6H3,(H,28,29). The second-order valence-corrected chi connectivity index (χ2v) is 8.69. The average molecular weight is 403 g/mol. The van der Waals surface area contributed by atoms with Gasteiger partial charge >= 0.3 is 0 Å². The molecule has 3 aromatic heterocycles. The van der Waals surface area contributed by atoms with E-state index in [0.29, 0.717) is 5.92 Å². The van der Waals surface area contributed by atoms with E-state index in [1.165, 1.54) is 11.1 Å². The number of fused-ring (bicyclic) bond motifs is 1. The Bertz CT molecular complexity index is 1160. The lowest BCUT2D eigenvalue weighted by atomic mass is 9.90. The lowest BCUT2D eigenvalue weighted by Gasteiger charge is -2.26. The summed E-state index contributed by atoms with van der Waals surface area (Å²) < 4.78 is 1.82. The molecule has 30 heavy (non-hydrogen) atoms. The smallest absolute Gasteiger partial charge is 0.158 e. The molecule has 0 aliphatic carbocycles. The SMILES string of the molecule is CCNC(C)(C)c1ccc(-c2[nH]nc(-c3cc(C)c4ncnn4c3)c2C(C)C)cc1. The fourth-order valence-corrected chi connectivity index (χ4v) is 4.17. The Morgan fingerprint density at radius 3 is 2.53 bits per heavy atom. The number of nitrogens with one attached hydrogen (secondary N) is 2. The topological polar surface area (TPSA) is 70.9 Å². The van der Waals surface area contributed by atoms with Crippen LogP contribution in [0.5, 0.6) is 0 Å². The van der Waals surface area contributed by atoms with Gasteiger partial charge in [-0.05, 0) is 56.0 Å². The van der Waals surface area contributed by atoms with Gasteiger partial charge in [0.15, 0.2) is 5.65 Å². The molecule has 0 saturated carbocycles. The lowest BCUT2D eigenvalue weighted by Crippen LogP contribution is -2.36. The summed E-state index contributed by atoms with van der Waals surface area (Å²) in [5.74, 6) is 0.318. The Morgan fingerprint density at radius 2 is 1.87 bits per heavy atom. The Hall–Kier alpha value is -2.99. The van der Waals surface area contributed by atoms with Gasteiger partial charge < -0.3 is 5.32 Å². The van der Waals surface area contributed by atoms with Crippen LogP contribution in [0.15, 0.2) is 42.9 Å². The van der Waals surface area contributed by atoms with Crippen LogP contribution < -0.4 is 5.32 Å². The molecule has 1 aromatic carbocycles. The fourth-order valence-electron chi connectivity index (χ4n) is 4.17. The number of benzene rings is 1. The summed E-state index contributed by atoms with van der Waals surface area (Å²) in [7, 11) is 0. The van der Waals surface area contributed by atoms with Crippen molar-refractivity contribution >= 4 is 5.65 Å². The van der Waals surface area contributed by atoms with E-state index in [9.17, 15) is 0 Å². The second-order valence-electron chi connectivity index (χ2n) is 8.69. The van der Waals surface area contributed by atoms with Crippen molar-refractivity contribution in [1.82, 2.24) is 30.1 Å². The highest BCUT2D eigenvalue weighted by atomic mass is 15.3. The maximum Gasteiger partial charge on any atom is 0.158 e. The minimum atomic E-state index is -0.0575. The van der Waals surface area contributed by atoms with Gasteiger partial charge in [-0.2, -0.15) is 10.2 Å². The zero-order chi connectivity index (χ0) is 21.5. The molecule has 6 heteroatoms.